The fourth-order valence-corrected chi connectivity index (χ4v) is 1.06. The molecule has 0 amide bonds. The summed E-state index contributed by atoms with van der Waals surface area (Å²) in [6.07, 6.45) is 0.150. The van der Waals surface area contributed by atoms with Crippen molar-refractivity contribution in [3.8, 4) is 0 Å². The Balaban J connectivity index is 2.68. The second-order valence-electron chi connectivity index (χ2n) is 2.62. The summed E-state index contributed by atoms with van der Waals surface area (Å²) >= 11 is 5.44. The van der Waals surface area contributed by atoms with Crippen LogP contribution in [0.5, 0.6) is 0 Å². The lowest BCUT2D eigenvalue weighted by atomic mass is 10.1. The van der Waals surface area contributed by atoms with Gasteiger partial charge in [-0.1, -0.05) is 17.7 Å². The zero-order valence-electron chi connectivity index (χ0n) is 6.72. The van der Waals surface area contributed by atoms with Crippen molar-refractivity contribution >= 4 is 17.6 Å². The molecule has 0 aliphatic rings. The van der Waals surface area contributed by atoms with Crippen LogP contribution >= 0.6 is 11.6 Å². The monoisotopic (exact) mass is 201 g/mol. The van der Waals surface area contributed by atoms with E-state index in [2.05, 4.69) is 0 Å². The highest BCUT2D eigenvalue weighted by Gasteiger charge is 2.00. The first-order chi connectivity index (χ1) is 6.09. The summed E-state index contributed by atoms with van der Waals surface area (Å²) < 4.78 is 12.8. The SMILES string of the molecule is O=C([O-])CCc1ccc(Cl)c(F)c1. The number of hydrogen-bond donors (Lipinski definition) is 0. The fourth-order valence-electron chi connectivity index (χ4n) is 0.942. The van der Waals surface area contributed by atoms with Crippen molar-refractivity contribution in [2.45, 2.75) is 12.8 Å². The van der Waals surface area contributed by atoms with Crippen molar-refractivity contribution in [3.05, 3.63) is 34.6 Å². The van der Waals surface area contributed by atoms with E-state index >= 15 is 0 Å². The standard InChI is InChI=1S/C9H8ClFO2/c10-7-3-1-6(5-8(7)11)2-4-9(12)13/h1,3,5H,2,4H2,(H,12,13)/p-1. The first-order valence-electron chi connectivity index (χ1n) is 3.73. The topological polar surface area (TPSA) is 40.1 Å². The van der Waals surface area contributed by atoms with Crippen LogP contribution in [-0.2, 0) is 11.2 Å². The molecule has 0 saturated heterocycles. The number of benzene rings is 1. The van der Waals surface area contributed by atoms with Gasteiger partial charge in [-0.3, -0.25) is 0 Å². The van der Waals surface area contributed by atoms with E-state index in [-0.39, 0.29) is 17.9 Å². The molecular formula is C9H7ClFO2-. The minimum absolute atomic E-state index is 0.0391. The Morgan fingerprint density at radius 2 is 2.23 bits per heavy atom. The quantitative estimate of drug-likeness (QED) is 0.737. The van der Waals surface area contributed by atoms with Gasteiger partial charge in [0, 0.05) is 5.97 Å². The van der Waals surface area contributed by atoms with Gasteiger partial charge in [-0.25, -0.2) is 4.39 Å². The van der Waals surface area contributed by atoms with E-state index in [1.54, 1.807) is 6.07 Å². The number of halogens is 2. The third-order valence-electron chi connectivity index (χ3n) is 1.60. The van der Waals surface area contributed by atoms with Gasteiger partial charge in [0.25, 0.3) is 0 Å². The summed E-state index contributed by atoms with van der Waals surface area (Å²) in [4.78, 5) is 10.1. The summed E-state index contributed by atoms with van der Waals surface area (Å²) in [6, 6.07) is 4.22. The molecular weight excluding hydrogens is 195 g/mol. The molecule has 13 heavy (non-hydrogen) atoms. The summed E-state index contributed by atoms with van der Waals surface area (Å²) in [5.41, 5.74) is 0.603. The molecule has 4 heteroatoms. The fraction of sp³-hybridized carbons (Fsp3) is 0.222. The molecule has 0 aromatic heterocycles. The second-order valence-corrected chi connectivity index (χ2v) is 3.03. The molecule has 0 saturated carbocycles. The van der Waals surface area contributed by atoms with Gasteiger partial charge in [0.2, 0.25) is 0 Å². The molecule has 2 nitrogen and oxygen atoms in total. The van der Waals surface area contributed by atoms with E-state index in [0.29, 0.717) is 5.56 Å². The molecule has 0 fully saturated rings. The molecule has 70 valence electrons. The van der Waals surface area contributed by atoms with Gasteiger partial charge >= 0.3 is 0 Å². The highest BCUT2D eigenvalue weighted by molar-refractivity contribution is 6.30. The summed E-state index contributed by atoms with van der Waals surface area (Å²) in [6.45, 7) is 0. The molecule has 0 unspecified atom stereocenters. The Hall–Kier alpha value is -1.09. The van der Waals surface area contributed by atoms with Crippen LogP contribution in [0.2, 0.25) is 5.02 Å². The van der Waals surface area contributed by atoms with Crippen LogP contribution in [0.1, 0.15) is 12.0 Å². The summed E-state index contributed by atoms with van der Waals surface area (Å²) in [5, 5.41) is 10.1. The van der Waals surface area contributed by atoms with Gasteiger partial charge < -0.3 is 9.90 Å². The molecule has 0 atom stereocenters. The van der Waals surface area contributed by atoms with E-state index in [0.717, 1.165) is 0 Å². The number of carboxylic acid groups (broad SMARTS) is 1. The third kappa shape index (κ3) is 3.03. The van der Waals surface area contributed by atoms with E-state index in [4.69, 9.17) is 11.6 Å². The van der Waals surface area contributed by atoms with E-state index in [1.165, 1.54) is 12.1 Å². The maximum Gasteiger partial charge on any atom is 0.142 e. The van der Waals surface area contributed by atoms with Gasteiger partial charge in [-0.05, 0) is 30.5 Å². The Morgan fingerprint density at radius 3 is 2.77 bits per heavy atom. The van der Waals surface area contributed by atoms with Crippen LogP contribution in [0.15, 0.2) is 18.2 Å². The maximum atomic E-state index is 12.8. The van der Waals surface area contributed by atoms with Crippen LogP contribution in [0.25, 0.3) is 0 Å². The van der Waals surface area contributed by atoms with E-state index in [9.17, 15) is 14.3 Å². The van der Waals surface area contributed by atoms with Gasteiger partial charge in [0.05, 0.1) is 5.02 Å². The van der Waals surface area contributed by atoms with Crippen LogP contribution in [0.4, 0.5) is 4.39 Å². The molecule has 1 aromatic carbocycles. The van der Waals surface area contributed by atoms with Crippen molar-refractivity contribution in [1.29, 1.82) is 0 Å². The number of hydrogen-bond acceptors (Lipinski definition) is 2. The Kier molecular flexibility index (Phi) is 3.25. The number of carboxylic acids is 1. The molecule has 0 heterocycles. The zero-order chi connectivity index (χ0) is 9.84. The number of aliphatic carboxylic acids is 1. The predicted octanol–water partition coefficient (Wildman–Crippen LogP) is 1.16. The molecule has 1 rings (SSSR count). The second kappa shape index (κ2) is 4.23. The van der Waals surface area contributed by atoms with Crippen LogP contribution in [-0.4, -0.2) is 5.97 Å². The minimum atomic E-state index is -1.14. The van der Waals surface area contributed by atoms with Crippen LogP contribution in [0.3, 0.4) is 0 Å². The number of carbonyl (C=O) groups excluding carboxylic acids is 1. The van der Waals surface area contributed by atoms with Crippen molar-refractivity contribution < 1.29 is 14.3 Å². The lowest BCUT2D eigenvalue weighted by molar-refractivity contribution is -0.305. The lowest BCUT2D eigenvalue weighted by Crippen LogP contribution is -2.22. The predicted molar refractivity (Wildman–Crippen MR) is 44.7 cm³/mol. The Morgan fingerprint density at radius 1 is 1.54 bits per heavy atom. The van der Waals surface area contributed by atoms with Crippen molar-refractivity contribution in [2.75, 3.05) is 0 Å². The van der Waals surface area contributed by atoms with E-state index < -0.39 is 11.8 Å². The molecule has 0 aliphatic carbocycles. The lowest BCUT2D eigenvalue weighted by Gasteiger charge is -2.02. The molecule has 0 bridgehead atoms. The summed E-state index contributed by atoms with van der Waals surface area (Å²) in [5.74, 6) is -1.67. The first-order valence-corrected chi connectivity index (χ1v) is 4.11. The third-order valence-corrected chi connectivity index (χ3v) is 1.91. The molecule has 0 N–H and O–H groups in total. The van der Waals surface area contributed by atoms with Crippen molar-refractivity contribution in [3.63, 3.8) is 0 Å². The smallest absolute Gasteiger partial charge is 0.142 e. The molecule has 0 spiro atoms. The Labute approximate surface area is 80.0 Å². The molecule has 0 aliphatic heterocycles. The maximum absolute atomic E-state index is 12.8. The molecule has 1 aromatic rings. The van der Waals surface area contributed by atoms with Crippen molar-refractivity contribution in [2.24, 2.45) is 0 Å². The highest BCUT2D eigenvalue weighted by atomic mass is 35.5. The zero-order valence-corrected chi connectivity index (χ0v) is 7.47. The van der Waals surface area contributed by atoms with Gasteiger partial charge in [0.15, 0.2) is 0 Å². The van der Waals surface area contributed by atoms with E-state index in [1.807, 2.05) is 0 Å². The van der Waals surface area contributed by atoms with Crippen LogP contribution < -0.4 is 5.11 Å². The van der Waals surface area contributed by atoms with Gasteiger partial charge in [0.1, 0.15) is 5.82 Å². The minimum Gasteiger partial charge on any atom is -0.550 e. The number of rotatable bonds is 3. The highest BCUT2D eigenvalue weighted by Crippen LogP contribution is 2.16. The normalized spacial score (nSPS) is 10.0. The average molecular weight is 202 g/mol. The number of carbonyl (C=O) groups is 1. The van der Waals surface area contributed by atoms with Gasteiger partial charge in [-0.15, -0.1) is 0 Å². The first kappa shape index (κ1) is 9.99. The molecule has 0 radical (unpaired) electrons. The average Bonchev–Trinajstić information content (AvgIpc) is 2.07. The van der Waals surface area contributed by atoms with Crippen molar-refractivity contribution in [1.82, 2.24) is 0 Å². The Bertz CT molecular complexity index is 325. The summed E-state index contributed by atoms with van der Waals surface area (Å²) in [7, 11) is 0. The number of aryl methyl sites for hydroxylation is 1. The van der Waals surface area contributed by atoms with Crippen LogP contribution in [0, 0.1) is 5.82 Å². The largest absolute Gasteiger partial charge is 0.550 e. The van der Waals surface area contributed by atoms with Gasteiger partial charge in [-0.2, -0.15) is 0 Å².